The van der Waals surface area contributed by atoms with E-state index in [4.69, 9.17) is 37.0 Å². The Kier molecular flexibility index (Phi) is 62.2. The highest BCUT2D eigenvalue weighted by Gasteiger charge is 2.30. The first kappa shape index (κ1) is 87.5. The molecule has 0 fully saturated rings. The first-order chi connectivity index (χ1) is 43.5. The maximum Gasteiger partial charge on any atom is 0.472 e. The quantitative estimate of drug-likeness (QED) is 0.0169. The highest BCUT2D eigenvalue weighted by atomic mass is 31.2. The predicted molar refractivity (Wildman–Crippen MR) is 363 cm³/mol. The normalized spacial score (nSPS) is 14.2. The number of carbonyl (C=O) groups is 4. The van der Waals surface area contributed by atoms with Crippen molar-refractivity contribution >= 4 is 39.5 Å². The van der Waals surface area contributed by atoms with Crippen molar-refractivity contribution in [3.8, 4) is 0 Å². The van der Waals surface area contributed by atoms with Crippen molar-refractivity contribution in [2.75, 3.05) is 39.6 Å². The number of phosphoric acid groups is 2. The SMILES string of the molecule is CCCCCC/C=C\C=C/CCCCCCCC(=O)OC[C@H](COP(=O)(O)OC[C@@H](O)COP(=O)(O)OC[C@@H](COC(=O)CCCCCCCCC)OC(=O)CCCCCCCCCCC)OC(=O)CCCCCCCCCCCCCCCCCCC(C)C. The second-order valence-corrected chi connectivity index (χ2v) is 28.3. The van der Waals surface area contributed by atoms with Crippen LogP contribution in [0, 0.1) is 5.92 Å². The van der Waals surface area contributed by atoms with Gasteiger partial charge in [0.1, 0.15) is 19.3 Å². The topological polar surface area (TPSA) is 237 Å². The van der Waals surface area contributed by atoms with E-state index >= 15 is 0 Å². The predicted octanol–water partition coefficient (Wildman–Crippen LogP) is 20.1. The number of hydrogen-bond acceptors (Lipinski definition) is 15. The van der Waals surface area contributed by atoms with Gasteiger partial charge in [-0.15, -0.1) is 0 Å². The fraction of sp³-hybridized carbons (Fsp3) is 0.887. The Morgan fingerprint density at radius 2 is 0.600 bits per heavy atom. The van der Waals surface area contributed by atoms with Crippen LogP contribution >= 0.6 is 15.6 Å². The molecular weight excluding hydrogens is 1190 g/mol. The molecule has 3 N–H and O–H groups in total. The van der Waals surface area contributed by atoms with Crippen LogP contribution in [-0.4, -0.2) is 96.7 Å². The molecule has 0 aliphatic heterocycles. The van der Waals surface area contributed by atoms with Crippen LogP contribution < -0.4 is 0 Å². The van der Waals surface area contributed by atoms with Gasteiger partial charge in [-0.1, -0.05) is 290 Å². The van der Waals surface area contributed by atoms with E-state index in [2.05, 4.69) is 58.9 Å². The Morgan fingerprint density at radius 3 is 0.911 bits per heavy atom. The van der Waals surface area contributed by atoms with Gasteiger partial charge in [0.15, 0.2) is 12.2 Å². The van der Waals surface area contributed by atoms with Crippen molar-refractivity contribution < 1.29 is 80.2 Å². The number of ether oxygens (including phenoxy) is 4. The zero-order chi connectivity index (χ0) is 66.3. The Bertz CT molecular complexity index is 1830. The van der Waals surface area contributed by atoms with Gasteiger partial charge in [-0.05, 0) is 57.3 Å². The molecule has 530 valence electrons. The largest absolute Gasteiger partial charge is 0.472 e. The Hall–Kier alpha value is -2.46. The Labute approximate surface area is 548 Å². The molecule has 0 aromatic carbocycles. The van der Waals surface area contributed by atoms with Crippen molar-refractivity contribution in [3.05, 3.63) is 24.3 Å². The third-order valence-electron chi connectivity index (χ3n) is 15.9. The summed E-state index contributed by atoms with van der Waals surface area (Å²) in [5.41, 5.74) is 0. The van der Waals surface area contributed by atoms with Crippen LogP contribution in [0.15, 0.2) is 24.3 Å². The fourth-order valence-corrected chi connectivity index (χ4v) is 11.9. The first-order valence-electron chi connectivity index (χ1n) is 36.5. The van der Waals surface area contributed by atoms with Gasteiger partial charge < -0.3 is 33.8 Å². The van der Waals surface area contributed by atoms with Crippen molar-refractivity contribution in [3.63, 3.8) is 0 Å². The van der Waals surface area contributed by atoms with E-state index in [-0.39, 0.29) is 25.7 Å². The van der Waals surface area contributed by atoms with Crippen LogP contribution in [0.1, 0.15) is 343 Å². The monoisotopic (exact) mass is 1320 g/mol. The molecule has 0 rings (SSSR count). The number of esters is 4. The average molecular weight is 1320 g/mol. The van der Waals surface area contributed by atoms with E-state index in [0.29, 0.717) is 25.7 Å². The van der Waals surface area contributed by atoms with E-state index in [0.717, 1.165) is 128 Å². The number of carbonyl (C=O) groups excluding carboxylic acids is 4. The second-order valence-electron chi connectivity index (χ2n) is 25.4. The molecule has 90 heavy (non-hydrogen) atoms. The Balaban J connectivity index is 5.20. The molecule has 0 radical (unpaired) electrons. The zero-order valence-corrected chi connectivity index (χ0v) is 59.5. The lowest BCUT2D eigenvalue weighted by molar-refractivity contribution is -0.161. The summed E-state index contributed by atoms with van der Waals surface area (Å²) >= 11 is 0. The van der Waals surface area contributed by atoms with E-state index in [1.807, 2.05) is 0 Å². The smallest absolute Gasteiger partial charge is 0.462 e. The molecular formula is C71H134O17P2. The van der Waals surface area contributed by atoms with Crippen molar-refractivity contribution in [2.45, 2.75) is 361 Å². The summed E-state index contributed by atoms with van der Waals surface area (Å²) in [6.45, 7) is 7.15. The van der Waals surface area contributed by atoms with Crippen molar-refractivity contribution in [2.24, 2.45) is 5.92 Å². The van der Waals surface area contributed by atoms with Gasteiger partial charge in [-0.2, -0.15) is 0 Å². The minimum atomic E-state index is -4.96. The molecule has 17 nitrogen and oxygen atoms in total. The highest BCUT2D eigenvalue weighted by molar-refractivity contribution is 7.47. The van der Waals surface area contributed by atoms with Crippen LogP contribution in [0.5, 0.6) is 0 Å². The summed E-state index contributed by atoms with van der Waals surface area (Å²) < 4.78 is 68.1. The van der Waals surface area contributed by atoms with Gasteiger partial charge in [0.05, 0.1) is 26.4 Å². The van der Waals surface area contributed by atoms with Crippen LogP contribution in [0.2, 0.25) is 0 Å². The van der Waals surface area contributed by atoms with E-state index < -0.39 is 97.5 Å². The van der Waals surface area contributed by atoms with Gasteiger partial charge in [0, 0.05) is 25.7 Å². The molecule has 0 aliphatic carbocycles. The molecule has 0 bridgehead atoms. The molecule has 0 aromatic heterocycles. The maximum absolute atomic E-state index is 13.0. The van der Waals surface area contributed by atoms with E-state index in [1.165, 1.54) is 135 Å². The summed E-state index contributed by atoms with van der Waals surface area (Å²) in [6, 6.07) is 0. The zero-order valence-electron chi connectivity index (χ0n) is 57.8. The van der Waals surface area contributed by atoms with E-state index in [9.17, 15) is 43.2 Å². The van der Waals surface area contributed by atoms with Gasteiger partial charge in [0.2, 0.25) is 0 Å². The summed E-state index contributed by atoms with van der Waals surface area (Å²) in [7, 11) is -9.90. The summed E-state index contributed by atoms with van der Waals surface area (Å²) in [5.74, 6) is -1.35. The molecule has 19 heteroatoms. The molecule has 0 aromatic rings. The lowest BCUT2D eigenvalue weighted by atomic mass is 10.0. The van der Waals surface area contributed by atoms with Crippen LogP contribution in [0.4, 0.5) is 0 Å². The number of aliphatic hydroxyl groups excluding tert-OH is 1. The van der Waals surface area contributed by atoms with Crippen LogP contribution in [0.25, 0.3) is 0 Å². The number of allylic oxidation sites excluding steroid dienone is 4. The van der Waals surface area contributed by atoms with E-state index in [1.54, 1.807) is 0 Å². The minimum absolute atomic E-state index is 0.101. The standard InChI is InChI=1S/C71H134O17P2/c1-6-9-12-15-18-20-21-22-25-29-32-36-40-45-50-55-69(74)82-61-67(88-71(76)57-52-47-42-37-33-30-27-24-23-26-28-31-35-39-43-48-53-64(4)5)63-86-90(79,80)84-59-65(72)58-83-89(77,78)85-62-66(60-81-68(73)54-49-44-38-17-14-11-8-3)87-70(75)56-51-46-41-34-19-16-13-10-7-2/h20-22,25,64-67,72H,6-19,23-24,26-63H2,1-5H3,(H,77,78)(H,79,80)/b21-20-,25-22-/t65-,66+,67+/m0/s1. The van der Waals surface area contributed by atoms with Crippen molar-refractivity contribution in [1.82, 2.24) is 0 Å². The molecule has 0 aliphatic rings. The molecule has 5 atom stereocenters. The number of aliphatic hydroxyl groups is 1. The van der Waals surface area contributed by atoms with Crippen molar-refractivity contribution in [1.29, 1.82) is 0 Å². The van der Waals surface area contributed by atoms with Gasteiger partial charge in [-0.25, -0.2) is 9.13 Å². The lowest BCUT2D eigenvalue weighted by Gasteiger charge is -2.21. The lowest BCUT2D eigenvalue weighted by Crippen LogP contribution is -2.30. The number of phosphoric ester groups is 2. The summed E-state index contributed by atoms with van der Waals surface area (Å²) in [6.07, 6.45) is 53.7. The summed E-state index contributed by atoms with van der Waals surface area (Å²) in [4.78, 5) is 72.3. The number of rotatable bonds is 69. The molecule has 0 spiro atoms. The van der Waals surface area contributed by atoms with Gasteiger partial charge in [0.25, 0.3) is 0 Å². The molecule has 0 heterocycles. The first-order valence-corrected chi connectivity index (χ1v) is 39.4. The average Bonchev–Trinajstić information content (AvgIpc) is 3.73. The van der Waals surface area contributed by atoms with Crippen LogP contribution in [-0.2, 0) is 65.4 Å². The molecule has 0 saturated carbocycles. The second kappa shape index (κ2) is 63.9. The van der Waals surface area contributed by atoms with Gasteiger partial charge >= 0.3 is 39.5 Å². The number of hydrogen-bond donors (Lipinski definition) is 3. The fourth-order valence-electron chi connectivity index (χ4n) is 10.3. The minimum Gasteiger partial charge on any atom is -0.462 e. The highest BCUT2D eigenvalue weighted by Crippen LogP contribution is 2.45. The third-order valence-corrected chi connectivity index (χ3v) is 17.8. The molecule has 2 unspecified atom stereocenters. The molecule has 0 saturated heterocycles. The Morgan fingerprint density at radius 1 is 0.344 bits per heavy atom. The van der Waals surface area contributed by atoms with Gasteiger partial charge in [-0.3, -0.25) is 37.3 Å². The maximum atomic E-state index is 13.0. The third kappa shape index (κ3) is 64.3. The molecule has 0 amide bonds. The van der Waals surface area contributed by atoms with Crippen LogP contribution in [0.3, 0.4) is 0 Å². The number of unbranched alkanes of at least 4 members (excludes halogenated alkanes) is 38. The summed E-state index contributed by atoms with van der Waals surface area (Å²) in [5, 5.41) is 10.6.